The van der Waals surface area contributed by atoms with Gasteiger partial charge in [-0.25, -0.2) is 0 Å². The van der Waals surface area contributed by atoms with Crippen LogP contribution in [-0.4, -0.2) is 44.5 Å². The molecule has 0 aromatic heterocycles. The summed E-state index contributed by atoms with van der Waals surface area (Å²) in [6, 6.07) is 7.59. The average molecular weight is 235 g/mol. The number of hydrogen-bond donors (Lipinski definition) is 2. The van der Waals surface area contributed by atoms with E-state index in [4.69, 9.17) is 5.73 Å². The minimum Gasteiger partial charge on any atom is -0.351 e. The number of benzene rings is 1. The molecule has 4 nitrogen and oxygen atoms in total. The number of nitrogens with one attached hydrogen (secondary N) is 1. The molecule has 1 amide bonds. The van der Waals surface area contributed by atoms with Gasteiger partial charge in [0.1, 0.15) is 0 Å². The molecule has 94 valence electrons. The van der Waals surface area contributed by atoms with E-state index in [1.807, 2.05) is 43.3 Å². The number of amides is 1. The van der Waals surface area contributed by atoms with E-state index in [0.717, 1.165) is 18.5 Å². The second-order valence-corrected chi connectivity index (χ2v) is 4.29. The van der Waals surface area contributed by atoms with E-state index in [2.05, 4.69) is 5.32 Å². The van der Waals surface area contributed by atoms with Crippen molar-refractivity contribution < 1.29 is 4.79 Å². The second-order valence-electron chi connectivity index (χ2n) is 4.29. The van der Waals surface area contributed by atoms with Gasteiger partial charge in [-0.2, -0.15) is 0 Å². The number of likely N-dealkylation sites (N-methyl/N-ethyl adjacent to an activating group) is 1. The van der Waals surface area contributed by atoms with Gasteiger partial charge in [-0.15, -0.1) is 0 Å². The molecule has 1 aromatic carbocycles. The lowest BCUT2D eigenvalue weighted by molar-refractivity contribution is 0.0951. The van der Waals surface area contributed by atoms with Gasteiger partial charge in [-0.05, 0) is 44.8 Å². The number of hydrogen-bond acceptors (Lipinski definition) is 3. The summed E-state index contributed by atoms with van der Waals surface area (Å²) in [5.41, 5.74) is 7.33. The Morgan fingerprint density at radius 1 is 1.29 bits per heavy atom. The van der Waals surface area contributed by atoms with Crippen LogP contribution in [0.3, 0.4) is 0 Å². The van der Waals surface area contributed by atoms with Crippen molar-refractivity contribution in [2.24, 2.45) is 5.73 Å². The zero-order valence-electron chi connectivity index (χ0n) is 10.6. The lowest BCUT2D eigenvalue weighted by atomic mass is 10.1. The van der Waals surface area contributed by atoms with Crippen LogP contribution in [0, 0.1) is 0 Å². The van der Waals surface area contributed by atoms with Crippen LogP contribution in [-0.2, 0) is 6.42 Å². The molecule has 0 aliphatic rings. The Hall–Kier alpha value is -1.39. The van der Waals surface area contributed by atoms with Gasteiger partial charge in [0.05, 0.1) is 0 Å². The van der Waals surface area contributed by atoms with Crippen LogP contribution < -0.4 is 11.1 Å². The third kappa shape index (κ3) is 4.97. The Labute approximate surface area is 103 Å². The maximum Gasteiger partial charge on any atom is 0.251 e. The van der Waals surface area contributed by atoms with E-state index in [0.29, 0.717) is 18.7 Å². The highest BCUT2D eigenvalue weighted by Gasteiger charge is 2.04. The highest BCUT2D eigenvalue weighted by atomic mass is 16.1. The quantitative estimate of drug-likeness (QED) is 0.754. The van der Waals surface area contributed by atoms with Crippen molar-refractivity contribution in [3.8, 4) is 0 Å². The standard InChI is InChI=1S/C13H21N3O/c1-16(2)10-9-15-13(17)12-5-3-11(4-6-12)7-8-14/h3-6H,7-10,14H2,1-2H3,(H,15,17). The van der Waals surface area contributed by atoms with Gasteiger partial charge in [-0.1, -0.05) is 12.1 Å². The first-order valence-electron chi connectivity index (χ1n) is 5.85. The summed E-state index contributed by atoms with van der Waals surface area (Å²) in [4.78, 5) is 13.8. The Morgan fingerprint density at radius 3 is 2.47 bits per heavy atom. The fraction of sp³-hybridized carbons (Fsp3) is 0.462. The SMILES string of the molecule is CN(C)CCNC(=O)c1ccc(CCN)cc1. The summed E-state index contributed by atoms with van der Waals surface area (Å²) >= 11 is 0. The minimum atomic E-state index is -0.0221. The number of nitrogens with two attached hydrogens (primary N) is 1. The van der Waals surface area contributed by atoms with Gasteiger partial charge < -0.3 is 16.0 Å². The Morgan fingerprint density at radius 2 is 1.94 bits per heavy atom. The molecule has 3 N–H and O–H groups in total. The van der Waals surface area contributed by atoms with Crippen LogP contribution in [0.4, 0.5) is 0 Å². The fourth-order valence-corrected chi connectivity index (χ4v) is 1.48. The van der Waals surface area contributed by atoms with Gasteiger partial charge in [-0.3, -0.25) is 4.79 Å². The summed E-state index contributed by atoms with van der Waals surface area (Å²) in [5.74, 6) is -0.0221. The average Bonchev–Trinajstić information content (AvgIpc) is 2.30. The summed E-state index contributed by atoms with van der Waals surface area (Å²) in [6.07, 6.45) is 0.850. The molecule has 0 saturated carbocycles. The molecule has 0 atom stereocenters. The van der Waals surface area contributed by atoms with Crippen molar-refractivity contribution in [3.05, 3.63) is 35.4 Å². The molecule has 0 heterocycles. The molecule has 4 heteroatoms. The molecule has 0 fully saturated rings. The smallest absolute Gasteiger partial charge is 0.251 e. The first-order valence-corrected chi connectivity index (χ1v) is 5.85. The van der Waals surface area contributed by atoms with E-state index in [9.17, 15) is 4.79 Å². The molecule has 17 heavy (non-hydrogen) atoms. The fourth-order valence-electron chi connectivity index (χ4n) is 1.48. The highest BCUT2D eigenvalue weighted by Crippen LogP contribution is 2.04. The van der Waals surface area contributed by atoms with Gasteiger partial charge in [0.15, 0.2) is 0 Å². The van der Waals surface area contributed by atoms with Crippen molar-refractivity contribution in [1.82, 2.24) is 10.2 Å². The molecule has 0 spiro atoms. The summed E-state index contributed by atoms with van der Waals surface area (Å²) < 4.78 is 0. The first-order chi connectivity index (χ1) is 8.13. The molecule has 0 aliphatic heterocycles. The molecule has 0 bridgehead atoms. The van der Waals surface area contributed by atoms with Gasteiger partial charge >= 0.3 is 0 Å². The van der Waals surface area contributed by atoms with Crippen molar-refractivity contribution in [3.63, 3.8) is 0 Å². The van der Waals surface area contributed by atoms with Gasteiger partial charge in [0, 0.05) is 18.7 Å². The number of rotatable bonds is 6. The van der Waals surface area contributed by atoms with Crippen molar-refractivity contribution in [2.45, 2.75) is 6.42 Å². The minimum absolute atomic E-state index is 0.0221. The molecule has 1 aromatic rings. The molecule has 0 unspecified atom stereocenters. The highest BCUT2D eigenvalue weighted by molar-refractivity contribution is 5.94. The van der Waals surface area contributed by atoms with Crippen molar-refractivity contribution >= 4 is 5.91 Å². The van der Waals surface area contributed by atoms with E-state index >= 15 is 0 Å². The van der Waals surface area contributed by atoms with Crippen LogP contribution in [0.1, 0.15) is 15.9 Å². The van der Waals surface area contributed by atoms with Crippen LogP contribution in [0.15, 0.2) is 24.3 Å². The topological polar surface area (TPSA) is 58.4 Å². The van der Waals surface area contributed by atoms with E-state index in [1.54, 1.807) is 0 Å². The monoisotopic (exact) mass is 235 g/mol. The second kappa shape index (κ2) is 7.04. The Kier molecular flexibility index (Phi) is 5.66. The van der Waals surface area contributed by atoms with Crippen LogP contribution in [0.25, 0.3) is 0 Å². The van der Waals surface area contributed by atoms with Crippen molar-refractivity contribution in [2.75, 3.05) is 33.7 Å². The van der Waals surface area contributed by atoms with Crippen LogP contribution in [0.5, 0.6) is 0 Å². The largest absolute Gasteiger partial charge is 0.351 e. The maximum atomic E-state index is 11.7. The zero-order chi connectivity index (χ0) is 12.7. The lowest BCUT2D eigenvalue weighted by Crippen LogP contribution is -2.31. The molecule has 0 aliphatic carbocycles. The Bertz CT molecular complexity index is 346. The van der Waals surface area contributed by atoms with Gasteiger partial charge in [0.25, 0.3) is 5.91 Å². The van der Waals surface area contributed by atoms with Crippen LogP contribution >= 0.6 is 0 Å². The molecular weight excluding hydrogens is 214 g/mol. The third-order valence-corrected chi connectivity index (χ3v) is 2.49. The molecule has 0 saturated heterocycles. The molecule has 0 radical (unpaired) electrons. The molecule has 1 rings (SSSR count). The molecular formula is C13H21N3O. The number of carbonyl (C=O) groups is 1. The van der Waals surface area contributed by atoms with Crippen molar-refractivity contribution in [1.29, 1.82) is 0 Å². The predicted molar refractivity (Wildman–Crippen MR) is 70.1 cm³/mol. The Balaban J connectivity index is 2.46. The van der Waals surface area contributed by atoms with E-state index in [-0.39, 0.29) is 5.91 Å². The number of carbonyl (C=O) groups excluding carboxylic acids is 1. The third-order valence-electron chi connectivity index (χ3n) is 2.49. The number of nitrogens with zero attached hydrogens (tertiary/aromatic N) is 1. The zero-order valence-corrected chi connectivity index (χ0v) is 10.6. The maximum absolute atomic E-state index is 11.7. The summed E-state index contributed by atoms with van der Waals surface area (Å²) in [7, 11) is 3.96. The summed E-state index contributed by atoms with van der Waals surface area (Å²) in [5, 5.41) is 2.88. The van der Waals surface area contributed by atoms with Crippen LogP contribution in [0.2, 0.25) is 0 Å². The van der Waals surface area contributed by atoms with E-state index < -0.39 is 0 Å². The first kappa shape index (κ1) is 13.7. The normalized spacial score (nSPS) is 10.6. The van der Waals surface area contributed by atoms with E-state index in [1.165, 1.54) is 0 Å². The predicted octanol–water partition coefficient (Wildman–Crippen LogP) is 0.479. The summed E-state index contributed by atoms with van der Waals surface area (Å²) in [6.45, 7) is 2.14. The van der Waals surface area contributed by atoms with Gasteiger partial charge in [0.2, 0.25) is 0 Å². The lowest BCUT2D eigenvalue weighted by Gasteiger charge is -2.10.